The number of hydrogen-bond donors (Lipinski definition) is 2. The molecule has 0 spiro atoms. The largest absolute Gasteiger partial charge is 0.453 e. The fourth-order valence-electron chi connectivity index (χ4n) is 5.04. The van der Waals surface area contributed by atoms with E-state index in [4.69, 9.17) is 14.5 Å². The van der Waals surface area contributed by atoms with Crippen LogP contribution in [-0.4, -0.2) is 59.8 Å². The topological polar surface area (TPSA) is 96.5 Å². The number of fused-ring (bicyclic) bond motifs is 2. The molecular weight excluding hydrogens is 384 g/mol. The van der Waals surface area contributed by atoms with Crippen LogP contribution in [0.1, 0.15) is 49.5 Å². The predicted octanol–water partition coefficient (Wildman–Crippen LogP) is 3.07. The fourth-order valence-corrected chi connectivity index (χ4v) is 5.04. The van der Waals surface area contributed by atoms with E-state index in [0.717, 1.165) is 48.1 Å². The van der Waals surface area contributed by atoms with Crippen molar-refractivity contribution in [2.75, 3.05) is 20.8 Å². The molecule has 1 saturated carbocycles. The molecule has 2 fully saturated rings. The molecule has 4 atom stereocenters. The predicted molar refractivity (Wildman–Crippen MR) is 112 cm³/mol. The lowest BCUT2D eigenvalue weighted by Crippen LogP contribution is -2.53. The summed E-state index contributed by atoms with van der Waals surface area (Å²) in [6, 6.07) is 5.34. The number of ether oxygens (including phenoxy) is 2. The van der Waals surface area contributed by atoms with Gasteiger partial charge in [-0.25, -0.2) is 9.78 Å². The van der Waals surface area contributed by atoms with E-state index < -0.39 is 12.1 Å². The molecule has 2 amide bonds. The standard InChI is InChI=1S/C22H30N4O4/c1-13-8-9-15-16(10-13)24-20(23-15)19-11-14-6-4-5-7-18(14)26(19)21(27)17(12-29-2)25-22(28)30-3/h8-10,14,17-19H,4-7,11-12H2,1-3H3,(H,23,24)(H,25,28)/t14-,17-,18-,19-/m0/s1. The number of likely N-dealkylation sites (tertiary alicyclic amines) is 1. The Kier molecular flexibility index (Phi) is 5.94. The molecule has 1 saturated heterocycles. The second-order valence-electron chi connectivity index (χ2n) is 8.40. The number of rotatable bonds is 5. The Balaban J connectivity index is 1.68. The SMILES string of the molecule is COC[C@H](NC(=O)OC)C(=O)N1[C@H](c2nc3ccc(C)cc3[nH]2)C[C@@H]2CCCC[C@@H]21. The zero-order valence-electron chi connectivity index (χ0n) is 17.8. The van der Waals surface area contributed by atoms with Crippen LogP contribution >= 0.6 is 0 Å². The summed E-state index contributed by atoms with van der Waals surface area (Å²) >= 11 is 0. The molecule has 1 aliphatic heterocycles. The van der Waals surface area contributed by atoms with Crippen LogP contribution < -0.4 is 5.32 Å². The second-order valence-corrected chi connectivity index (χ2v) is 8.40. The Morgan fingerprint density at radius 2 is 2.10 bits per heavy atom. The number of carbonyl (C=O) groups is 2. The number of nitrogens with zero attached hydrogens (tertiary/aromatic N) is 2. The van der Waals surface area contributed by atoms with E-state index in [1.807, 2.05) is 24.0 Å². The van der Waals surface area contributed by atoms with Crippen LogP contribution in [0.25, 0.3) is 11.0 Å². The lowest BCUT2D eigenvalue weighted by molar-refractivity contribution is -0.138. The number of carbonyl (C=O) groups excluding carboxylic acids is 2. The van der Waals surface area contributed by atoms with Crippen molar-refractivity contribution in [3.05, 3.63) is 29.6 Å². The van der Waals surface area contributed by atoms with Crippen LogP contribution in [0.2, 0.25) is 0 Å². The Labute approximate surface area is 176 Å². The van der Waals surface area contributed by atoms with Crippen LogP contribution in [-0.2, 0) is 14.3 Å². The maximum absolute atomic E-state index is 13.6. The number of aryl methyl sites for hydroxylation is 1. The van der Waals surface area contributed by atoms with Crippen LogP contribution in [0.3, 0.4) is 0 Å². The number of methoxy groups -OCH3 is 2. The van der Waals surface area contributed by atoms with E-state index in [9.17, 15) is 9.59 Å². The van der Waals surface area contributed by atoms with Crippen LogP contribution in [0, 0.1) is 12.8 Å². The first kappa shape index (κ1) is 20.7. The van der Waals surface area contributed by atoms with Gasteiger partial charge in [0.1, 0.15) is 11.9 Å². The highest BCUT2D eigenvalue weighted by Crippen LogP contribution is 2.46. The van der Waals surface area contributed by atoms with E-state index in [1.165, 1.54) is 20.6 Å². The lowest BCUT2D eigenvalue weighted by Gasteiger charge is -2.35. The van der Waals surface area contributed by atoms with E-state index in [1.54, 1.807) is 0 Å². The summed E-state index contributed by atoms with van der Waals surface area (Å²) in [4.78, 5) is 35.7. The summed E-state index contributed by atoms with van der Waals surface area (Å²) in [5, 5.41) is 2.64. The minimum Gasteiger partial charge on any atom is -0.453 e. The Morgan fingerprint density at radius 1 is 1.30 bits per heavy atom. The Hall–Kier alpha value is -2.61. The first-order valence-electron chi connectivity index (χ1n) is 10.6. The van der Waals surface area contributed by atoms with Crippen LogP contribution in [0.15, 0.2) is 18.2 Å². The van der Waals surface area contributed by atoms with Gasteiger partial charge in [-0.3, -0.25) is 4.79 Å². The summed E-state index contributed by atoms with van der Waals surface area (Å²) < 4.78 is 9.94. The molecule has 2 aromatic rings. The highest BCUT2D eigenvalue weighted by atomic mass is 16.5. The van der Waals surface area contributed by atoms with Gasteiger partial charge in [-0.1, -0.05) is 18.9 Å². The molecule has 0 unspecified atom stereocenters. The molecule has 1 aromatic carbocycles. The number of aromatic amines is 1. The average molecular weight is 415 g/mol. The number of nitrogens with one attached hydrogen (secondary N) is 2. The molecule has 4 rings (SSSR count). The number of amides is 2. The van der Waals surface area contributed by atoms with E-state index >= 15 is 0 Å². The van der Waals surface area contributed by atoms with Crippen molar-refractivity contribution < 1.29 is 19.1 Å². The molecule has 0 bridgehead atoms. The van der Waals surface area contributed by atoms with Gasteiger partial charge >= 0.3 is 6.09 Å². The third-order valence-corrected chi connectivity index (χ3v) is 6.42. The van der Waals surface area contributed by atoms with Gasteiger partial charge in [-0.15, -0.1) is 0 Å². The van der Waals surface area contributed by atoms with Crippen molar-refractivity contribution in [1.29, 1.82) is 0 Å². The molecule has 0 radical (unpaired) electrons. The van der Waals surface area contributed by atoms with Crippen molar-refractivity contribution in [3.63, 3.8) is 0 Å². The van der Waals surface area contributed by atoms with Gasteiger partial charge in [0.25, 0.3) is 0 Å². The minimum absolute atomic E-state index is 0.0911. The molecule has 2 heterocycles. The third-order valence-electron chi connectivity index (χ3n) is 6.42. The second kappa shape index (κ2) is 8.63. The minimum atomic E-state index is -0.794. The highest BCUT2D eigenvalue weighted by molar-refractivity contribution is 5.87. The highest BCUT2D eigenvalue weighted by Gasteiger charge is 2.47. The average Bonchev–Trinajstić information content (AvgIpc) is 3.33. The van der Waals surface area contributed by atoms with Crippen molar-refractivity contribution in [2.45, 2.75) is 57.2 Å². The maximum Gasteiger partial charge on any atom is 0.407 e. The number of aromatic nitrogens is 2. The van der Waals surface area contributed by atoms with Gasteiger partial charge in [0, 0.05) is 13.2 Å². The van der Waals surface area contributed by atoms with Gasteiger partial charge in [-0.2, -0.15) is 0 Å². The van der Waals surface area contributed by atoms with Gasteiger partial charge in [0.2, 0.25) is 5.91 Å². The number of alkyl carbamates (subject to hydrolysis) is 1. The Morgan fingerprint density at radius 3 is 2.87 bits per heavy atom. The van der Waals surface area contributed by atoms with E-state index in [-0.39, 0.29) is 24.6 Å². The van der Waals surface area contributed by atoms with Crippen molar-refractivity contribution in [2.24, 2.45) is 5.92 Å². The first-order chi connectivity index (χ1) is 14.5. The first-order valence-corrected chi connectivity index (χ1v) is 10.6. The van der Waals surface area contributed by atoms with E-state index in [0.29, 0.717) is 5.92 Å². The molecular formula is C22H30N4O4. The summed E-state index contributed by atoms with van der Waals surface area (Å²) in [6.45, 7) is 2.14. The van der Waals surface area contributed by atoms with Gasteiger partial charge in [-0.05, 0) is 49.8 Å². The van der Waals surface area contributed by atoms with Crippen LogP contribution in [0.4, 0.5) is 4.79 Å². The van der Waals surface area contributed by atoms with Gasteiger partial charge < -0.3 is 24.7 Å². The van der Waals surface area contributed by atoms with E-state index in [2.05, 4.69) is 16.4 Å². The molecule has 1 aromatic heterocycles. The maximum atomic E-state index is 13.6. The fraction of sp³-hybridized carbons (Fsp3) is 0.591. The summed E-state index contributed by atoms with van der Waals surface area (Å²) in [7, 11) is 2.81. The Bertz CT molecular complexity index is 927. The quantitative estimate of drug-likeness (QED) is 0.784. The zero-order valence-corrected chi connectivity index (χ0v) is 17.8. The van der Waals surface area contributed by atoms with Crippen molar-refractivity contribution in [1.82, 2.24) is 20.2 Å². The molecule has 2 aliphatic rings. The molecule has 2 N–H and O–H groups in total. The van der Waals surface area contributed by atoms with Gasteiger partial charge in [0.05, 0.1) is 30.8 Å². The molecule has 162 valence electrons. The smallest absolute Gasteiger partial charge is 0.407 e. The van der Waals surface area contributed by atoms with Crippen LogP contribution in [0.5, 0.6) is 0 Å². The third kappa shape index (κ3) is 3.88. The molecule has 1 aliphatic carbocycles. The summed E-state index contributed by atoms with van der Waals surface area (Å²) in [6.07, 6.45) is 4.63. The normalized spacial score (nSPS) is 24.5. The number of benzene rings is 1. The molecule has 8 heteroatoms. The number of hydrogen-bond acceptors (Lipinski definition) is 5. The zero-order chi connectivity index (χ0) is 21.3. The van der Waals surface area contributed by atoms with Gasteiger partial charge in [0.15, 0.2) is 0 Å². The number of H-pyrrole nitrogens is 1. The molecule has 8 nitrogen and oxygen atoms in total. The van der Waals surface area contributed by atoms with Crippen molar-refractivity contribution in [3.8, 4) is 0 Å². The molecule has 30 heavy (non-hydrogen) atoms. The monoisotopic (exact) mass is 414 g/mol. The lowest BCUT2D eigenvalue weighted by atomic mass is 9.84. The van der Waals surface area contributed by atoms with Crippen molar-refractivity contribution >= 4 is 23.0 Å². The number of imidazole rings is 1. The summed E-state index contributed by atoms with van der Waals surface area (Å²) in [5.41, 5.74) is 3.04. The summed E-state index contributed by atoms with van der Waals surface area (Å²) in [5.74, 6) is 1.12.